The fourth-order valence-corrected chi connectivity index (χ4v) is 6.98. The van der Waals surface area contributed by atoms with Gasteiger partial charge in [-0.3, -0.25) is 0 Å². The van der Waals surface area contributed by atoms with E-state index in [-0.39, 0.29) is 5.41 Å². The van der Waals surface area contributed by atoms with E-state index in [2.05, 4.69) is 106 Å². The maximum absolute atomic E-state index is 5.59. The Kier molecular flexibility index (Phi) is 7.82. The van der Waals surface area contributed by atoms with Crippen molar-refractivity contribution in [2.45, 2.75) is 64.4 Å². The molecule has 0 bridgehead atoms. The van der Waals surface area contributed by atoms with Gasteiger partial charge in [0.05, 0.1) is 50.8 Å². The molecule has 5 atom stereocenters. The number of benzene rings is 3. The van der Waals surface area contributed by atoms with Gasteiger partial charge in [-0.2, -0.15) is 0 Å². The molecule has 4 aliphatic heterocycles. The van der Waals surface area contributed by atoms with Crippen molar-refractivity contribution in [3.05, 3.63) is 94.6 Å². The second-order valence-corrected chi connectivity index (χ2v) is 13.5. The zero-order valence-electron chi connectivity index (χ0n) is 26.9. The van der Waals surface area contributed by atoms with Crippen molar-refractivity contribution < 1.29 is 18.9 Å². The maximum Gasteiger partial charge on any atom is 0.0984 e. The quantitative estimate of drug-likeness (QED) is 0.162. The Bertz CT molecular complexity index is 1460. The molecule has 3 aromatic rings. The molecule has 0 saturated carbocycles. The van der Waals surface area contributed by atoms with Gasteiger partial charge in [-0.15, -0.1) is 6.58 Å². The number of hydrogen-bond donors (Lipinski definition) is 0. The standard InChI is InChI=1S/C38H46N2O4/c1-7-38(6,31-14-26(4)37(27(5)15-31)40(18-34-22-43-34)19-35-23-44-35)30-10-8-28(9-11-30)29-12-24(2)36(25(3)13-29)39(16-32-20-41-32)17-33-21-42-33/h7-15,32-35H,1,16-23H2,2-6H3. The number of epoxide rings is 4. The lowest BCUT2D eigenvalue weighted by atomic mass is 9.75. The van der Waals surface area contributed by atoms with Crippen LogP contribution >= 0.6 is 0 Å². The second-order valence-electron chi connectivity index (χ2n) is 13.5. The highest BCUT2D eigenvalue weighted by molar-refractivity contribution is 5.73. The predicted octanol–water partition coefficient (Wildman–Crippen LogP) is 6.29. The molecule has 44 heavy (non-hydrogen) atoms. The number of nitrogens with zero attached hydrogens (tertiary/aromatic N) is 2. The van der Waals surface area contributed by atoms with E-state index in [0.29, 0.717) is 24.4 Å². The third-order valence-corrected chi connectivity index (χ3v) is 9.75. The summed E-state index contributed by atoms with van der Waals surface area (Å²) in [5.41, 5.74) is 12.4. The van der Waals surface area contributed by atoms with Gasteiger partial charge in [0.1, 0.15) is 0 Å². The van der Waals surface area contributed by atoms with Gasteiger partial charge >= 0.3 is 0 Å². The molecular weight excluding hydrogens is 548 g/mol. The maximum atomic E-state index is 5.59. The summed E-state index contributed by atoms with van der Waals surface area (Å²) < 4.78 is 22.3. The Morgan fingerprint density at radius 3 is 1.32 bits per heavy atom. The molecule has 0 aromatic heterocycles. The van der Waals surface area contributed by atoms with Crippen molar-refractivity contribution in [1.29, 1.82) is 0 Å². The largest absolute Gasteiger partial charge is 0.371 e. The molecule has 0 aliphatic carbocycles. The fraction of sp³-hybridized carbons (Fsp3) is 0.474. The number of rotatable bonds is 14. The first kappa shape index (κ1) is 29.5. The van der Waals surface area contributed by atoms with E-state index in [9.17, 15) is 0 Å². The highest BCUT2D eigenvalue weighted by atomic mass is 16.6. The van der Waals surface area contributed by atoms with Gasteiger partial charge in [0.15, 0.2) is 0 Å². The molecule has 7 rings (SSSR count). The van der Waals surface area contributed by atoms with E-state index in [1.807, 2.05) is 0 Å². The summed E-state index contributed by atoms with van der Waals surface area (Å²) in [6.07, 6.45) is 3.45. The third-order valence-electron chi connectivity index (χ3n) is 9.75. The van der Waals surface area contributed by atoms with E-state index in [1.54, 1.807) is 0 Å². The summed E-state index contributed by atoms with van der Waals surface area (Å²) in [6.45, 7) is 22.7. The first-order valence-corrected chi connectivity index (χ1v) is 16.2. The number of aryl methyl sites for hydroxylation is 4. The molecule has 4 saturated heterocycles. The van der Waals surface area contributed by atoms with Gasteiger partial charge in [0, 0.05) is 43.0 Å². The molecule has 0 amide bonds. The van der Waals surface area contributed by atoms with Crippen LogP contribution in [0.1, 0.15) is 40.3 Å². The van der Waals surface area contributed by atoms with Gasteiger partial charge in [-0.25, -0.2) is 0 Å². The second kappa shape index (κ2) is 11.6. The molecule has 0 radical (unpaired) electrons. The average Bonchev–Trinajstić information content (AvgIpc) is 3.78. The van der Waals surface area contributed by atoms with E-state index in [0.717, 1.165) is 52.6 Å². The molecule has 4 fully saturated rings. The highest BCUT2D eigenvalue weighted by Crippen LogP contribution is 2.40. The lowest BCUT2D eigenvalue weighted by Gasteiger charge is -2.32. The molecule has 4 heterocycles. The van der Waals surface area contributed by atoms with Crippen LogP contribution < -0.4 is 9.80 Å². The predicted molar refractivity (Wildman–Crippen MR) is 177 cm³/mol. The number of allylic oxidation sites excluding steroid dienone is 1. The highest BCUT2D eigenvalue weighted by Gasteiger charge is 2.34. The van der Waals surface area contributed by atoms with Crippen LogP contribution in [0.2, 0.25) is 0 Å². The Hall–Kier alpha value is -3.16. The molecular formula is C38H46N2O4. The van der Waals surface area contributed by atoms with E-state index in [1.165, 1.54) is 55.9 Å². The van der Waals surface area contributed by atoms with Crippen LogP contribution in [0, 0.1) is 27.7 Å². The summed E-state index contributed by atoms with van der Waals surface area (Å²) >= 11 is 0. The van der Waals surface area contributed by atoms with Crippen LogP contribution in [0.4, 0.5) is 11.4 Å². The minimum atomic E-state index is -0.317. The summed E-state index contributed by atoms with van der Waals surface area (Å²) in [4.78, 5) is 4.94. The first-order valence-electron chi connectivity index (χ1n) is 16.2. The minimum Gasteiger partial charge on any atom is -0.371 e. The zero-order valence-corrected chi connectivity index (χ0v) is 26.9. The van der Waals surface area contributed by atoms with E-state index in [4.69, 9.17) is 18.9 Å². The lowest BCUT2D eigenvalue weighted by molar-refractivity contribution is 0.388. The Balaban J connectivity index is 1.14. The SMILES string of the molecule is C=CC(C)(c1ccc(-c2cc(C)c(N(CC3CO3)CC3CO3)c(C)c2)cc1)c1cc(C)c(N(CC2CO2)CC2CO2)c(C)c1. The first-order chi connectivity index (χ1) is 21.2. The van der Waals surface area contributed by atoms with E-state index < -0.39 is 0 Å². The van der Waals surface area contributed by atoms with Gasteiger partial charge < -0.3 is 28.7 Å². The summed E-state index contributed by atoms with van der Waals surface area (Å²) in [5.74, 6) is 0. The van der Waals surface area contributed by atoms with Crippen LogP contribution in [0.25, 0.3) is 11.1 Å². The van der Waals surface area contributed by atoms with Crippen LogP contribution in [-0.4, -0.2) is 77.0 Å². The van der Waals surface area contributed by atoms with Crippen molar-refractivity contribution in [3.63, 3.8) is 0 Å². The van der Waals surface area contributed by atoms with Gasteiger partial charge in [0.2, 0.25) is 0 Å². The number of hydrogen-bond acceptors (Lipinski definition) is 6. The van der Waals surface area contributed by atoms with Crippen LogP contribution in [0.5, 0.6) is 0 Å². The Morgan fingerprint density at radius 1 is 0.614 bits per heavy atom. The third kappa shape index (κ3) is 6.32. The Morgan fingerprint density at radius 2 is 0.977 bits per heavy atom. The molecule has 6 heteroatoms. The van der Waals surface area contributed by atoms with Gasteiger partial charge in [0.25, 0.3) is 0 Å². The Labute approximate surface area is 262 Å². The zero-order chi connectivity index (χ0) is 30.6. The molecule has 0 N–H and O–H groups in total. The lowest BCUT2D eigenvalue weighted by Crippen LogP contribution is -2.33. The van der Waals surface area contributed by atoms with Crippen molar-refractivity contribution in [3.8, 4) is 11.1 Å². The fourth-order valence-electron chi connectivity index (χ4n) is 6.98. The molecule has 3 aromatic carbocycles. The molecule has 232 valence electrons. The minimum absolute atomic E-state index is 0.317. The average molecular weight is 595 g/mol. The molecule has 5 unspecified atom stereocenters. The summed E-state index contributed by atoms with van der Waals surface area (Å²) in [5, 5.41) is 0. The van der Waals surface area contributed by atoms with Crippen molar-refractivity contribution in [2.75, 3.05) is 62.4 Å². The van der Waals surface area contributed by atoms with E-state index >= 15 is 0 Å². The molecule has 6 nitrogen and oxygen atoms in total. The van der Waals surface area contributed by atoms with Crippen LogP contribution in [-0.2, 0) is 24.4 Å². The smallest absolute Gasteiger partial charge is 0.0984 e. The van der Waals surface area contributed by atoms with Crippen LogP contribution in [0.15, 0.2) is 61.2 Å². The van der Waals surface area contributed by atoms with Crippen molar-refractivity contribution in [1.82, 2.24) is 0 Å². The number of anilines is 2. The normalized spacial score (nSPS) is 24.4. The van der Waals surface area contributed by atoms with Gasteiger partial charge in [-0.1, -0.05) is 42.5 Å². The summed E-state index contributed by atoms with van der Waals surface area (Å²) in [7, 11) is 0. The van der Waals surface area contributed by atoms with Crippen LogP contribution in [0.3, 0.4) is 0 Å². The topological polar surface area (TPSA) is 56.6 Å². The van der Waals surface area contributed by atoms with Gasteiger partial charge in [-0.05, 0) is 91.3 Å². The van der Waals surface area contributed by atoms with Crippen molar-refractivity contribution in [2.24, 2.45) is 0 Å². The molecule has 4 aliphatic rings. The van der Waals surface area contributed by atoms with Crippen molar-refractivity contribution >= 4 is 11.4 Å². The summed E-state index contributed by atoms with van der Waals surface area (Å²) in [6, 6.07) is 18.4. The number of ether oxygens (including phenoxy) is 4. The molecule has 0 spiro atoms. The monoisotopic (exact) mass is 594 g/mol.